The molecule has 0 radical (unpaired) electrons. The summed E-state index contributed by atoms with van der Waals surface area (Å²) in [5.41, 5.74) is 3.65. The first-order chi connectivity index (χ1) is 10.3. The predicted octanol–water partition coefficient (Wildman–Crippen LogP) is 1.45. The minimum Gasteiger partial charge on any atom is -0.491 e. The first-order valence-corrected chi connectivity index (χ1v) is 6.62. The van der Waals surface area contributed by atoms with Crippen LogP contribution in [0.2, 0.25) is 0 Å². The van der Waals surface area contributed by atoms with Crippen LogP contribution in [0.1, 0.15) is 17.4 Å². The van der Waals surface area contributed by atoms with Gasteiger partial charge in [0.1, 0.15) is 30.6 Å². The van der Waals surface area contributed by atoms with Crippen LogP contribution in [0.5, 0.6) is 5.75 Å². The summed E-state index contributed by atoms with van der Waals surface area (Å²) in [5, 5.41) is 3.34. The molecule has 1 aliphatic heterocycles. The van der Waals surface area contributed by atoms with Crippen molar-refractivity contribution < 1.29 is 9.47 Å². The Labute approximate surface area is 122 Å². The van der Waals surface area contributed by atoms with E-state index < -0.39 is 0 Å². The van der Waals surface area contributed by atoms with Crippen molar-refractivity contribution in [3.8, 4) is 5.75 Å². The van der Waals surface area contributed by atoms with E-state index in [4.69, 9.17) is 15.3 Å². The van der Waals surface area contributed by atoms with Crippen LogP contribution in [-0.4, -0.2) is 23.7 Å². The third kappa shape index (κ3) is 2.88. The molecule has 0 aliphatic carbocycles. The van der Waals surface area contributed by atoms with Crippen molar-refractivity contribution in [3.63, 3.8) is 0 Å². The molecule has 4 N–H and O–H groups in total. The van der Waals surface area contributed by atoms with E-state index in [9.17, 15) is 0 Å². The number of anilines is 2. The minimum atomic E-state index is 0.0529. The quantitative estimate of drug-likeness (QED) is 0.566. The number of para-hydroxylation sites is 1. The summed E-state index contributed by atoms with van der Waals surface area (Å²) >= 11 is 0. The van der Waals surface area contributed by atoms with Gasteiger partial charge in [0, 0.05) is 18.7 Å². The number of aromatic nitrogens is 2. The van der Waals surface area contributed by atoms with Crippen LogP contribution < -0.4 is 21.3 Å². The lowest BCUT2D eigenvalue weighted by Gasteiger charge is -2.14. The van der Waals surface area contributed by atoms with Crippen molar-refractivity contribution in [1.82, 2.24) is 9.97 Å². The van der Waals surface area contributed by atoms with Crippen LogP contribution >= 0.6 is 0 Å². The maximum atomic E-state index is 5.65. The molecule has 0 bridgehead atoms. The summed E-state index contributed by atoms with van der Waals surface area (Å²) in [7, 11) is 1.60. The molecule has 2 heterocycles. The van der Waals surface area contributed by atoms with Gasteiger partial charge in [-0.05, 0) is 6.07 Å². The summed E-state index contributed by atoms with van der Waals surface area (Å²) in [6.07, 6.45) is 0. The van der Waals surface area contributed by atoms with Gasteiger partial charge in [-0.15, -0.1) is 0 Å². The monoisotopic (exact) mass is 287 g/mol. The molecular formula is C14H17N5O2. The third-order valence-corrected chi connectivity index (χ3v) is 3.22. The van der Waals surface area contributed by atoms with E-state index in [0.29, 0.717) is 30.7 Å². The molecule has 1 unspecified atom stereocenters. The highest BCUT2D eigenvalue weighted by Crippen LogP contribution is 2.33. The van der Waals surface area contributed by atoms with Crippen molar-refractivity contribution in [2.75, 3.05) is 24.5 Å². The van der Waals surface area contributed by atoms with Crippen molar-refractivity contribution in [1.29, 1.82) is 0 Å². The van der Waals surface area contributed by atoms with Crippen molar-refractivity contribution in [3.05, 3.63) is 41.7 Å². The summed E-state index contributed by atoms with van der Waals surface area (Å²) < 4.78 is 10.7. The fourth-order valence-corrected chi connectivity index (χ4v) is 2.30. The Morgan fingerprint density at radius 2 is 2.14 bits per heavy atom. The number of hydrazine groups is 1. The molecule has 110 valence electrons. The molecule has 3 rings (SSSR count). The summed E-state index contributed by atoms with van der Waals surface area (Å²) in [4.78, 5) is 8.63. The van der Waals surface area contributed by atoms with Gasteiger partial charge in [0.05, 0.1) is 6.04 Å². The molecule has 21 heavy (non-hydrogen) atoms. The maximum absolute atomic E-state index is 5.65. The van der Waals surface area contributed by atoms with Gasteiger partial charge < -0.3 is 20.2 Å². The molecule has 0 saturated carbocycles. The molecule has 7 nitrogen and oxygen atoms in total. The summed E-state index contributed by atoms with van der Waals surface area (Å²) in [6.45, 7) is 0.885. The first kappa shape index (κ1) is 13.6. The van der Waals surface area contributed by atoms with Crippen LogP contribution in [0.25, 0.3) is 0 Å². The minimum absolute atomic E-state index is 0.0529. The van der Waals surface area contributed by atoms with Gasteiger partial charge in [-0.1, -0.05) is 18.2 Å². The van der Waals surface area contributed by atoms with Gasteiger partial charge >= 0.3 is 0 Å². The average Bonchev–Trinajstić information content (AvgIpc) is 2.91. The zero-order valence-electron chi connectivity index (χ0n) is 11.7. The topological polar surface area (TPSA) is 94.3 Å². The van der Waals surface area contributed by atoms with Crippen LogP contribution in [0.4, 0.5) is 11.6 Å². The van der Waals surface area contributed by atoms with Crippen LogP contribution in [0.15, 0.2) is 30.3 Å². The molecule has 7 heteroatoms. The van der Waals surface area contributed by atoms with Gasteiger partial charge in [0.15, 0.2) is 5.82 Å². The highest BCUT2D eigenvalue weighted by Gasteiger charge is 2.24. The first-order valence-electron chi connectivity index (χ1n) is 6.62. The Morgan fingerprint density at radius 3 is 2.95 bits per heavy atom. The van der Waals surface area contributed by atoms with E-state index in [1.165, 1.54) is 0 Å². The number of methoxy groups -OCH3 is 1. The van der Waals surface area contributed by atoms with Gasteiger partial charge in [0.25, 0.3) is 0 Å². The molecule has 2 aromatic rings. The molecular weight excluding hydrogens is 270 g/mol. The van der Waals surface area contributed by atoms with Crippen molar-refractivity contribution >= 4 is 11.6 Å². The highest BCUT2D eigenvalue weighted by molar-refractivity contribution is 5.50. The molecule has 0 spiro atoms. The number of nitrogen functional groups attached to an aromatic ring is 1. The van der Waals surface area contributed by atoms with Crippen LogP contribution in [-0.2, 0) is 11.3 Å². The Balaban J connectivity index is 1.83. The highest BCUT2D eigenvalue weighted by atomic mass is 16.5. The summed E-state index contributed by atoms with van der Waals surface area (Å²) in [6, 6.07) is 9.75. The Hall–Kier alpha value is -2.38. The van der Waals surface area contributed by atoms with Crippen LogP contribution in [0.3, 0.4) is 0 Å². The van der Waals surface area contributed by atoms with Crippen molar-refractivity contribution in [2.45, 2.75) is 12.6 Å². The number of rotatable bonds is 5. The molecule has 1 atom stereocenters. The van der Waals surface area contributed by atoms with Gasteiger partial charge in [-0.2, -0.15) is 0 Å². The second-order valence-corrected chi connectivity index (χ2v) is 4.68. The summed E-state index contributed by atoms with van der Waals surface area (Å²) in [5.74, 6) is 8.10. The number of hydrogen-bond acceptors (Lipinski definition) is 7. The number of benzene rings is 1. The number of ether oxygens (including phenoxy) is 2. The second-order valence-electron chi connectivity index (χ2n) is 4.68. The van der Waals surface area contributed by atoms with Gasteiger partial charge in [0.2, 0.25) is 0 Å². The lowest BCUT2D eigenvalue weighted by molar-refractivity contribution is 0.178. The van der Waals surface area contributed by atoms with Crippen LogP contribution in [0, 0.1) is 0 Å². The Kier molecular flexibility index (Phi) is 3.85. The zero-order valence-corrected chi connectivity index (χ0v) is 11.7. The molecule has 0 fully saturated rings. The number of nitrogens with one attached hydrogen (secondary N) is 2. The number of hydrogen-bond donors (Lipinski definition) is 3. The normalized spacial score (nSPS) is 16.2. The number of fused-ring (bicyclic) bond motifs is 1. The third-order valence-electron chi connectivity index (χ3n) is 3.22. The standard InChI is InChI=1S/C14H17N5O2/c1-20-8-14-17-12(6-13(18-14)19-15)16-10-7-21-11-5-3-2-4-9(10)11/h2-6,10H,7-8,15H2,1H3,(H2,16,17,18,19). The Bertz CT molecular complexity index is 635. The molecule has 0 amide bonds. The predicted molar refractivity (Wildman–Crippen MR) is 78.9 cm³/mol. The molecule has 1 aliphatic rings. The molecule has 0 saturated heterocycles. The van der Waals surface area contributed by atoms with Gasteiger partial charge in [-0.3, -0.25) is 0 Å². The maximum Gasteiger partial charge on any atom is 0.158 e. The lowest BCUT2D eigenvalue weighted by Crippen LogP contribution is -2.16. The SMILES string of the molecule is COCc1nc(NN)cc(NC2COc3ccccc32)n1. The van der Waals surface area contributed by atoms with E-state index in [0.717, 1.165) is 11.3 Å². The fraction of sp³-hybridized carbons (Fsp3) is 0.286. The number of nitrogens with zero attached hydrogens (tertiary/aromatic N) is 2. The van der Waals surface area contributed by atoms with E-state index in [1.54, 1.807) is 13.2 Å². The Morgan fingerprint density at radius 1 is 1.33 bits per heavy atom. The lowest BCUT2D eigenvalue weighted by atomic mass is 10.1. The van der Waals surface area contributed by atoms with Crippen molar-refractivity contribution in [2.24, 2.45) is 5.84 Å². The largest absolute Gasteiger partial charge is 0.491 e. The second kappa shape index (κ2) is 5.94. The number of nitrogens with two attached hydrogens (primary N) is 1. The van der Waals surface area contributed by atoms with E-state index in [2.05, 4.69) is 20.7 Å². The van der Waals surface area contributed by atoms with E-state index in [-0.39, 0.29) is 6.04 Å². The molecule has 1 aromatic carbocycles. The smallest absolute Gasteiger partial charge is 0.158 e. The fourth-order valence-electron chi connectivity index (χ4n) is 2.30. The van der Waals surface area contributed by atoms with Gasteiger partial charge in [-0.25, -0.2) is 15.8 Å². The zero-order chi connectivity index (χ0) is 14.7. The molecule has 1 aromatic heterocycles. The van der Waals surface area contributed by atoms with E-state index in [1.807, 2.05) is 24.3 Å². The van der Waals surface area contributed by atoms with E-state index >= 15 is 0 Å². The average molecular weight is 287 g/mol.